The van der Waals surface area contributed by atoms with Crippen LogP contribution >= 0.6 is 11.6 Å². The van der Waals surface area contributed by atoms with Gasteiger partial charge in [0.05, 0.1) is 12.1 Å². The van der Waals surface area contributed by atoms with Gasteiger partial charge in [0.15, 0.2) is 0 Å². The quantitative estimate of drug-likeness (QED) is 0.874. The summed E-state index contributed by atoms with van der Waals surface area (Å²) in [7, 11) is 1.65. The van der Waals surface area contributed by atoms with Gasteiger partial charge in [-0.05, 0) is 49.2 Å². The van der Waals surface area contributed by atoms with E-state index in [1.54, 1.807) is 19.2 Å². The Balaban J connectivity index is 1.97. The van der Waals surface area contributed by atoms with E-state index in [0.29, 0.717) is 0 Å². The predicted octanol–water partition coefficient (Wildman–Crippen LogP) is 4.53. The number of anilines is 1. The summed E-state index contributed by atoms with van der Waals surface area (Å²) in [6.45, 7) is 2.07. The predicted molar refractivity (Wildman–Crippen MR) is 81.2 cm³/mol. The van der Waals surface area contributed by atoms with Gasteiger partial charge in [0.1, 0.15) is 11.6 Å². The maximum atomic E-state index is 13.1. The van der Waals surface area contributed by atoms with E-state index in [-0.39, 0.29) is 11.1 Å². The van der Waals surface area contributed by atoms with E-state index >= 15 is 0 Å². The number of methoxy groups -OCH3 is 1. The topological polar surface area (TPSA) is 21.3 Å². The summed E-state index contributed by atoms with van der Waals surface area (Å²) in [5.74, 6) is 0.444. The Morgan fingerprint density at radius 3 is 2.50 bits per heavy atom. The lowest BCUT2D eigenvalue weighted by molar-refractivity contribution is 0.414. The van der Waals surface area contributed by atoms with Gasteiger partial charge in [-0.2, -0.15) is 0 Å². The van der Waals surface area contributed by atoms with Crippen molar-refractivity contribution in [3.63, 3.8) is 0 Å². The zero-order valence-electron chi connectivity index (χ0n) is 11.5. The van der Waals surface area contributed by atoms with E-state index in [0.717, 1.165) is 17.9 Å². The minimum Gasteiger partial charge on any atom is -0.497 e. The molecule has 0 spiro atoms. The lowest BCUT2D eigenvalue weighted by Gasteiger charge is -2.16. The van der Waals surface area contributed by atoms with E-state index in [4.69, 9.17) is 16.3 Å². The second-order valence-electron chi connectivity index (χ2n) is 4.73. The Hall–Kier alpha value is -1.74. The van der Waals surface area contributed by atoms with Gasteiger partial charge in [-0.15, -0.1) is 0 Å². The van der Waals surface area contributed by atoms with Gasteiger partial charge in [-0.3, -0.25) is 0 Å². The van der Waals surface area contributed by atoms with Gasteiger partial charge in [0.2, 0.25) is 0 Å². The minimum atomic E-state index is -0.403. The zero-order chi connectivity index (χ0) is 14.5. The fourth-order valence-corrected chi connectivity index (χ4v) is 2.22. The molecule has 0 heterocycles. The summed E-state index contributed by atoms with van der Waals surface area (Å²) in [5, 5.41) is 3.44. The van der Waals surface area contributed by atoms with Crippen LogP contribution in [-0.2, 0) is 6.42 Å². The van der Waals surface area contributed by atoms with Crippen molar-refractivity contribution < 1.29 is 9.13 Å². The van der Waals surface area contributed by atoms with Crippen molar-refractivity contribution in [2.24, 2.45) is 0 Å². The molecule has 0 saturated carbocycles. The average Bonchev–Trinajstić information content (AvgIpc) is 2.44. The number of rotatable bonds is 5. The average molecular weight is 294 g/mol. The largest absolute Gasteiger partial charge is 0.497 e. The molecule has 0 radical (unpaired) electrons. The summed E-state index contributed by atoms with van der Waals surface area (Å²) >= 11 is 5.76. The monoisotopic (exact) mass is 293 g/mol. The van der Waals surface area contributed by atoms with Crippen molar-refractivity contribution in [2.75, 3.05) is 12.4 Å². The summed E-state index contributed by atoms with van der Waals surface area (Å²) in [6, 6.07) is 12.8. The van der Waals surface area contributed by atoms with Gasteiger partial charge in [0, 0.05) is 11.7 Å². The van der Waals surface area contributed by atoms with Crippen molar-refractivity contribution in [3.05, 3.63) is 58.9 Å². The molecule has 0 aliphatic carbocycles. The Kier molecular flexibility index (Phi) is 4.85. The van der Waals surface area contributed by atoms with Gasteiger partial charge in [-0.1, -0.05) is 23.7 Å². The Morgan fingerprint density at radius 1 is 1.20 bits per heavy atom. The molecular formula is C16H17ClFNO. The third kappa shape index (κ3) is 3.87. The third-order valence-corrected chi connectivity index (χ3v) is 3.32. The molecule has 0 fully saturated rings. The summed E-state index contributed by atoms with van der Waals surface area (Å²) < 4.78 is 18.2. The fourth-order valence-electron chi connectivity index (χ4n) is 2.04. The maximum Gasteiger partial charge on any atom is 0.141 e. The van der Waals surface area contributed by atoms with Gasteiger partial charge in [-0.25, -0.2) is 4.39 Å². The van der Waals surface area contributed by atoms with Crippen LogP contribution in [0, 0.1) is 5.82 Å². The highest BCUT2D eigenvalue weighted by atomic mass is 35.5. The van der Waals surface area contributed by atoms with E-state index in [2.05, 4.69) is 12.2 Å². The third-order valence-electron chi connectivity index (χ3n) is 3.03. The molecule has 0 unspecified atom stereocenters. The molecule has 20 heavy (non-hydrogen) atoms. The number of ether oxygens (including phenoxy) is 1. The lowest BCUT2D eigenvalue weighted by Crippen LogP contribution is -2.18. The molecule has 0 aliphatic heterocycles. The highest BCUT2D eigenvalue weighted by Crippen LogP contribution is 2.20. The van der Waals surface area contributed by atoms with Crippen molar-refractivity contribution in [3.8, 4) is 5.75 Å². The van der Waals surface area contributed by atoms with Crippen LogP contribution in [0.25, 0.3) is 0 Å². The van der Waals surface area contributed by atoms with Gasteiger partial charge in [0.25, 0.3) is 0 Å². The van der Waals surface area contributed by atoms with Crippen molar-refractivity contribution in [1.29, 1.82) is 0 Å². The molecule has 0 bridgehead atoms. The molecule has 1 atom stereocenters. The van der Waals surface area contributed by atoms with Crippen molar-refractivity contribution in [1.82, 2.24) is 0 Å². The van der Waals surface area contributed by atoms with Crippen LogP contribution in [0.2, 0.25) is 5.02 Å². The molecule has 2 rings (SSSR count). The van der Waals surface area contributed by atoms with Gasteiger partial charge < -0.3 is 10.1 Å². The number of nitrogens with one attached hydrogen (secondary N) is 1. The molecule has 0 aliphatic rings. The van der Waals surface area contributed by atoms with Crippen LogP contribution in [0.3, 0.4) is 0 Å². The first-order valence-corrected chi connectivity index (χ1v) is 6.81. The minimum absolute atomic E-state index is 0.131. The molecule has 0 aromatic heterocycles. The van der Waals surface area contributed by atoms with E-state index < -0.39 is 5.82 Å². The molecule has 2 aromatic rings. The SMILES string of the molecule is COc1ccc(C[C@H](C)Nc2ccc(F)c(Cl)c2)cc1. The highest BCUT2D eigenvalue weighted by Gasteiger charge is 2.06. The number of hydrogen-bond donors (Lipinski definition) is 1. The number of hydrogen-bond acceptors (Lipinski definition) is 2. The normalized spacial score (nSPS) is 12.0. The van der Waals surface area contributed by atoms with Gasteiger partial charge >= 0.3 is 0 Å². The second kappa shape index (κ2) is 6.62. The number of benzene rings is 2. The van der Waals surface area contributed by atoms with Crippen LogP contribution in [0.5, 0.6) is 5.75 Å². The van der Waals surface area contributed by atoms with E-state index in [1.807, 2.05) is 24.3 Å². The molecule has 2 aromatic carbocycles. The Bertz CT molecular complexity index is 571. The van der Waals surface area contributed by atoms with Crippen LogP contribution in [0.1, 0.15) is 12.5 Å². The fraction of sp³-hybridized carbons (Fsp3) is 0.250. The summed E-state index contributed by atoms with van der Waals surface area (Å²) in [5.41, 5.74) is 2.02. The smallest absolute Gasteiger partial charge is 0.141 e. The number of halogens is 2. The lowest BCUT2D eigenvalue weighted by atomic mass is 10.1. The molecule has 1 N–H and O–H groups in total. The molecule has 2 nitrogen and oxygen atoms in total. The first-order valence-electron chi connectivity index (χ1n) is 6.43. The van der Waals surface area contributed by atoms with E-state index in [9.17, 15) is 4.39 Å². The molecule has 0 saturated heterocycles. The first-order chi connectivity index (χ1) is 9.58. The molecule has 4 heteroatoms. The van der Waals surface area contributed by atoms with Crippen molar-refractivity contribution >= 4 is 17.3 Å². The van der Waals surface area contributed by atoms with E-state index in [1.165, 1.54) is 11.6 Å². The summed E-state index contributed by atoms with van der Waals surface area (Å²) in [4.78, 5) is 0. The standard InChI is InChI=1S/C16H17ClFNO/c1-11(9-12-3-6-14(20-2)7-4-12)19-13-5-8-16(18)15(17)10-13/h3-8,10-11,19H,9H2,1-2H3/t11-/m0/s1. The van der Waals surface area contributed by atoms with Crippen molar-refractivity contribution in [2.45, 2.75) is 19.4 Å². The summed E-state index contributed by atoms with van der Waals surface area (Å²) in [6.07, 6.45) is 0.860. The van der Waals surface area contributed by atoms with Crippen LogP contribution in [0.15, 0.2) is 42.5 Å². The van der Waals surface area contributed by atoms with Crippen LogP contribution < -0.4 is 10.1 Å². The van der Waals surface area contributed by atoms with Crippen LogP contribution in [-0.4, -0.2) is 13.2 Å². The highest BCUT2D eigenvalue weighted by molar-refractivity contribution is 6.31. The molecule has 0 amide bonds. The molecule has 106 valence electrons. The maximum absolute atomic E-state index is 13.1. The second-order valence-corrected chi connectivity index (χ2v) is 5.13. The Morgan fingerprint density at radius 2 is 1.90 bits per heavy atom. The first kappa shape index (κ1) is 14.7. The molecular weight excluding hydrogens is 277 g/mol. The Labute approximate surface area is 123 Å². The van der Waals surface area contributed by atoms with Crippen LogP contribution in [0.4, 0.5) is 10.1 Å². The zero-order valence-corrected chi connectivity index (χ0v) is 12.2.